The smallest absolute Gasteiger partial charge is 0.241 e. The third-order valence-corrected chi connectivity index (χ3v) is 5.77. The molecule has 8 nitrogen and oxygen atoms in total. The molecule has 1 heterocycles. The molecular weight excluding hydrogens is 332 g/mol. The SMILES string of the molecule is CNC(=O)CN(C)c1noc2ccc(S(=O)(=O)NC3(C)CC3)cc12. The van der Waals surface area contributed by atoms with Crippen LogP contribution in [0.5, 0.6) is 0 Å². The van der Waals surface area contributed by atoms with Gasteiger partial charge in [-0.3, -0.25) is 4.79 Å². The zero-order chi connectivity index (χ0) is 17.5. The van der Waals surface area contributed by atoms with Crippen LogP contribution in [-0.2, 0) is 14.8 Å². The highest BCUT2D eigenvalue weighted by atomic mass is 32.2. The molecule has 1 fully saturated rings. The average molecular weight is 352 g/mol. The zero-order valence-corrected chi connectivity index (χ0v) is 14.6. The lowest BCUT2D eigenvalue weighted by Gasteiger charge is -2.15. The van der Waals surface area contributed by atoms with Crippen molar-refractivity contribution < 1.29 is 17.7 Å². The molecule has 1 aliphatic carbocycles. The standard InChI is InChI=1S/C15H20N4O4S/c1-15(6-7-15)18-24(21,22)10-4-5-12-11(8-10)14(17-23-12)19(3)9-13(20)16-2/h4-5,8,18H,6-7,9H2,1-3H3,(H,16,20). The van der Waals surface area contributed by atoms with Crippen LogP contribution in [0.15, 0.2) is 27.6 Å². The summed E-state index contributed by atoms with van der Waals surface area (Å²) in [6.07, 6.45) is 1.67. The first-order chi connectivity index (χ1) is 11.2. The van der Waals surface area contributed by atoms with Crippen LogP contribution in [0.4, 0.5) is 5.82 Å². The molecule has 3 rings (SSSR count). The van der Waals surface area contributed by atoms with Crippen molar-refractivity contribution in [1.82, 2.24) is 15.2 Å². The topological polar surface area (TPSA) is 105 Å². The number of nitrogens with zero attached hydrogens (tertiary/aromatic N) is 2. The Bertz CT molecular complexity index is 886. The molecule has 130 valence electrons. The molecule has 0 saturated heterocycles. The Morgan fingerprint density at radius 2 is 2.12 bits per heavy atom. The van der Waals surface area contributed by atoms with E-state index in [-0.39, 0.29) is 22.9 Å². The number of carbonyl (C=O) groups is 1. The number of likely N-dealkylation sites (N-methyl/N-ethyl adjacent to an activating group) is 2. The molecule has 0 aliphatic heterocycles. The maximum Gasteiger partial charge on any atom is 0.241 e. The summed E-state index contributed by atoms with van der Waals surface area (Å²) in [7, 11) is -0.373. The van der Waals surface area contributed by atoms with E-state index in [4.69, 9.17) is 4.52 Å². The lowest BCUT2D eigenvalue weighted by Crippen LogP contribution is -2.34. The fourth-order valence-electron chi connectivity index (χ4n) is 2.39. The van der Waals surface area contributed by atoms with Gasteiger partial charge in [-0.2, -0.15) is 0 Å². The van der Waals surface area contributed by atoms with Crippen molar-refractivity contribution in [3.05, 3.63) is 18.2 Å². The molecule has 1 aromatic carbocycles. The molecular formula is C15H20N4O4S. The van der Waals surface area contributed by atoms with Gasteiger partial charge in [-0.15, -0.1) is 0 Å². The molecule has 24 heavy (non-hydrogen) atoms. The van der Waals surface area contributed by atoms with Gasteiger partial charge in [-0.1, -0.05) is 5.16 Å². The second-order valence-electron chi connectivity index (χ2n) is 6.36. The van der Waals surface area contributed by atoms with E-state index < -0.39 is 10.0 Å². The van der Waals surface area contributed by atoms with Crippen LogP contribution < -0.4 is 14.9 Å². The van der Waals surface area contributed by atoms with Crippen LogP contribution in [0.25, 0.3) is 11.0 Å². The second kappa shape index (κ2) is 5.75. The van der Waals surface area contributed by atoms with Gasteiger partial charge in [0.15, 0.2) is 11.4 Å². The summed E-state index contributed by atoms with van der Waals surface area (Å²) in [5.41, 5.74) is 0.117. The van der Waals surface area contributed by atoms with Crippen molar-refractivity contribution >= 4 is 32.7 Å². The first-order valence-corrected chi connectivity index (χ1v) is 9.07. The van der Waals surface area contributed by atoms with Crippen molar-refractivity contribution in [3.63, 3.8) is 0 Å². The van der Waals surface area contributed by atoms with E-state index in [0.717, 1.165) is 12.8 Å². The van der Waals surface area contributed by atoms with E-state index in [1.807, 2.05) is 6.92 Å². The van der Waals surface area contributed by atoms with Crippen molar-refractivity contribution in [1.29, 1.82) is 0 Å². The number of hydrogen-bond acceptors (Lipinski definition) is 6. The van der Waals surface area contributed by atoms with Gasteiger partial charge in [0.1, 0.15) is 0 Å². The van der Waals surface area contributed by atoms with Crippen LogP contribution in [0.1, 0.15) is 19.8 Å². The van der Waals surface area contributed by atoms with Gasteiger partial charge >= 0.3 is 0 Å². The molecule has 0 bridgehead atoms. The largest absolute Gasteiger partial charge is 0.358 e. The number of sulfonamides is 1. The van der Waals surface area contributed by atoms with E-state index in [1.54, 1.807) is 25.1 Å². The summed E-state index contributed by atoms with van der Waals surface area (Å²) in [6.45, 7) is 1.97. The van der Waals surface area contributed by atoms with E-state index in [1.165, 1.54) is 12.1 Å². The summed E-state index contributed by atoms with van der Waals surface area (Å²) in [6, 6.07) is 4.59. The number of fused-ring (bicyclic) bond motifs is 1. The predicted molar refractivity (Wildman–Crippen MR) is 89.3 cm³/mol. The molecule has 1 aromatic heterocycles. The molecule has 1 amide bonds. The highest BCUT2D eigenvalue weighted by Gasteiger charge is 2.41. The number of anilines is 1. The number of benzene rings is 1. The number of amides is 1. The molecule has 0 spiro atoms. The van der Waals surface area contributed by atoms with Gasteiger partial charge in [-0.25, -0.2) is 13.1 Å². The van der Waals surface area contributed by atoms with E-state index in [2.05, 4.69) is 15.2 Å². The minimum Gasteiger partial charge on any atom is -0.358 e. The fourth-order valence-corrected chi connectivity index (χ4v) is 3.88. The van der Waals surface area contributed by atoms with Crippen molar-refractivity contribution in [2.45, 2.75) is 30.2 Å². The molecule has 0 atom stereocenters. The molecule has 0 radical (unpaired) electrons. The monoisotopic (exact) mass is 352 g/mol. The average Bonchev–Trinajstić information content (AvgIpc) is 3.09. The highest BCUT2D eigenvalue weighted by molar-refractivity contribution is 7.89. The number of carbonyl (C=O) groups excluding carboxylic acids is 1. The van der Waals surface area contributed by atoms with Gasteiger partial charge in [0.05, 0.1) is 16.8 Å². The number of aromatic nitrogens is 1. The molecule has 2 N–H and O–H groups in total. The van der Waals surface area contributed by atoms with Gasteiger partial charge in [-0.05, 0) is 38.0 Å². The zero-order valence-electron chi connectivity index (χ0n) is 13.8. The molecule has 2 aromatic rings. The van der Waals surface area contributed by atoms with Crippen LogP contribution in [0, 0.1) is 0 Å². The number of rotatable bonds is 6. The van der Waals surface area contributed by atoms with Crippen LogP contribution in [-0.4, -0.2) is 45.7 Å². The van der Waals surface area contributed by atoms with E-state index in [9.17, 15) is 13.2 Å². The van der Waals surface area contributed by atoms with Crippen molar-refractivity contribution in [3.8, 4) is 0 Å². The van der Waals surface area contributed by atoms with E-state index >= 15 is 0 Å². The Morgan fingerprint density at radius 3 is 2.75 bits per heavy atom. The summed E-state index contributed by atoms with van der Waals surface area (Å²) in [4.78, 5) is 13.3. The van der Waals surface area contributed by atoms with Crippen LogP contribution in [0.2, 0.25) is 0 Å². The molecule has 9 heteroatoms. The van der Waals surface area contributed by atoms with Crippen molar-refractivity contribution in [2.75, 3.05) is 25.5 Å². The maximum absolute atomic E-state index is 12.5. The lowest BCUT2D eigenvalue weighted by molar-refractivity contribution is -0.119. The summed E-state index contributed by atoms with van der Waals surface area (Å²) < 4.78 is 33.0. The summed E-state index contributed by atoms with van der Waals surface area (Å²) in [5.74, 6) is 0.240. The Morgan fingerprint density at radius 1 is 1.42 bits per heavy atom. The fraction of sp³-hybridized carbons (Fsp3) is 0.467. The highest BCUT2D eigenvalue weighted by Crippen LogP contribution is 2.36. The van der Waals surface area contributed by atoms with Gasteiger partial charge in [0, 0.05) is 19.6 Å². The van der Waals surface area contributed by atoms with Gasteiger partial charge in [0.2, 0.25) is 15.9 Å². The minimum atomic E-state index is -3.61. The molecule has 0 unspecified atom stereocenters. The minimum absolute atomic E-state index is 0.0887. The quantitative estimate of drug-likeness (QED) is 0.798. The first-order valence-electron chi connectivity index (χ1n) is 7.59. The normalized spacial score (nSPS) is 16.1. The van der Waals surface area contributed by atoms with Crippen LogP contribution >= 0.6 is 0 Å². The third kappa shape index (κ3) is 3.22. The van der Waals surface area contributed by atoms with E-state index in [0.29, 0.717) is 16.8 Å². The molecule has 1 aliphatic rings. The van der Waals surface area contributed by atoms with Crippen molar-refractivity contribution in [2.24, 2.45) is 0 Å². The Kier molecular flexibility index (Phi) is 4.00. The van der Waals surface area contributed by atoms with Gasteiger partial charge in [0.25, 0.3) is 0 Å². The predicted octanol–water partition coefficient (Wildman–Crippen LogP) is 0.841. The maximum atomic E-state index is 12.5. The lowest BCUT2D eigenvalue weighted by atomic mass is 10.2. The molecule has 1 saturated carbocycles. The Labute approximate surface area is 140 Å². The Balaban J connectivity index is 1.95. The Hall–Kier alpha value is -2.13. The summed E-state index contributed by atoms with van der Waals surface area (Å²) >= 11 is 0. The van der Waals surface area contributed by atoms with Gasteiger partial charge < -0.3 is 14.7 Å². The first kappa shape index (κ1) is 16.7. The second-order valence-corrected chi connectivity index (χ2v) is 8.04. The third-order valence-electron chi connectivity index (χ3n) is 4.13. The number of hydrogen-bond donors (Lipinski definition) is 2. The van der Waals surface area contributed by atoms with Crippen LogP contribution in [0.3, 0.4) is 0 Å². The number of nitrogens with one attached hydrogen (secondary N) is 2. The summed E-state index contributed by atoms with van der Waals surface area (Å²) in [5, 5.41) is 7.02.